The highest BCUT2D eigenvalue weighted by atomic mass is 32.1. The number of rotatable bonds is 9. The van der Waals surface area contributed by atoms with E-state index < -0.39 is 23.3 Å². The van der Waals surface area contributed by atoms with Gasteiger partial charge in [-0.1, -0.05) is 25.0 Å². The molecule has 202 valence electrons. The van der Waals surface area contributed by atoms with Crippen molar-refractivity contribution in [1.82, 2.24) is 0 Å². The largest absolute Gasteiger partial charge is 0.493 e. The molecule has 0 amide bonds. The predicted octanol–water partition coefficient (Wildman–Crippen LogP) is 5.77. The maximum absolute atomic E-state index is 13.5. The van der Waals surface area contributed by atoms with Gasteiger partial charge in [-0.25, -0.2) is 4.79 Å². The minimum atomic E-state index is -4.39. The molecule has 0 spiro atoms. The highest BCUT2D eigenvalue weighted by molar-refractivity contribution is 7.10. The summed E-state index contributed by atoms with van der Waals surface area (Å²) in [4.78, 5) is 14.2. The third kappa shape index (κ3) is 5.54. The Labute approximate surface area is 219 Å². The van der Waals surface area contributed by atoms with Gasteiger partial charge in [-0.3, -0.25) is 0 Å². The van der Waals surface area contributed by atoms with Gasteiger partial charge in [0.2, 0.25) is 0 Å². The van der Waals surface area contributed by atoms with Gasteiger partial charge < -0.3 is 19.1 Å². The normalized spacial score (nSPS) is 27.7. The molecule has 2 atom stereocenters. The Bertz CT molecular complexity index is 1060. The van der Waals surface area contributed by atoms with Gasteiger partial charge in [-0.15, -0.1) is 11.3 Å². The molecule has 37 heavy (non-hydrogen) atoms. The van der Waals surface area contributed by atoms with Crippen molar-refractivity contribution in [2.45, 2.75) is 62.8 Å². The molecule has 0 radical (unpaired) electrons. The van der Waals surface area contributed by atoms with Crippen molar-refractivity contribution in [2.75, 3.05) is 32.8 Å². The topological polar surface area (TPSA) is 55.8 Å². The molecule has 4 heterocycles. The third-order valence-corrected chi connectivity index (χ3v) is 9.66. The Morgan fingerprint density at radius 2 is 1.84 bits per heavy atom. The fraction of sp³-hybridized carbons (Fsp3) is 0.607. The van der Waals surface area contributed by atoms with E-state index in [0.29, 0.717) is 30.4 Å². The minimum absolute atomic E-state index is 0.115. The molecular weight excluding hydrogens is 503 g/mol. The van der Waals surface area contributed by atoms with E-state index in [2.05, 4.69) is 0 Å². The van der Waals surface area contributed by atoms with Crippen molar-refractivity contribution >= 4 is 17.3 Å². The van der Waals surface area contributed by atoms with E-state index in [-0.39, 0.29) is 17.8 Å². The van der Waals surface area contributed by atoms with Gasteiger partial charge in [0.25, 0.3) is 0 Å². The average molecular weight is 539 g/mol. The van der Waals surface area contributed by atoms with Gasteiger partial charge >= 0.3 is 12.1 Å². The monoisotopic (exact) mass is 538 g/mol. The second kappa shape index (κ2) is 10.6. The lowest BCUT2D eigenvalue weighted by atomic mass is 9.82. The number of nitrogens with zero attached hydrogens (tertiary/aromatic N) is 1. The van der Waals surface area contributed by atoms with Crippen LogP contribution in [-0.4, -0.2) is 54.4 Å². The standard InChI is InChI=1S/C28H35F3NO4S/c29-28(30,31)22-8-3-9-23(18-22)35-16-5-13-32-14-11-20(12-15-32)24(19-32)36-26(33)27(34,21-6-1-2-7-21)25-10-4-17-37-25/h3-4,8-10,17-18,20-21,24,34H,1-2,5-7,11-16,19H2/q+1/t20?,24-,27+,32?/m0/s1. The maximum atomic E-state index is 13.5. The molecule has 1 aromatic carbocycles. The summed E-state index contributed by atoms with van der Waals surface area (Å²) in [6.45, 7) is 3.86. The number of carbonyl (C=O) groups is 1. The molecule has 9 heteroatoms. The highest BCUT2D eigenvalue weighted by Crippen LogP contribution is 2.44. The van der Waals surface area contributed by atoms with E-state index in [9.17, 15) is 23.1 Å². The Kier molecular flexibility index (Phi) is 7.58. The summed E-state index contributed by atoms with van der Waals surface area (Å²) in [6.07, 6.45) is 1.68. The summed E-state index contributed by atoms with van der Waals surface area (Å²) in [6, 6.07) is 8.67. The number of quaternary nitrogens is 1. The van der Waals surface area contributed by atoms with Crippen LogP contribution in [0.15, 0.2) is 41.8 Å². The van der Waals surface area contributed by atoms with Crippen LogP contribution < -0.4 is 4.74 Å². The number of carbonyl (C=O) groups excluding carboxylic acids is 1. The van der Waals surface area contributed by atoms with Crippen molar-refractivity contribution in [3.05, 3.63) is 52.2 Å². The number of ether oxygens (including phenoxy) is 2. The number of hydrogen-bond donors (Lipinski definition) is 1. The Hall–Kier alpha value is -2.10. The Morgan fingerprint density at radius 1 is 1.08 bits per heavy atom. The molecule has 1 aromatic heterocycles. The fourth-order valence-corrected chi connectivity index (χ4v) is 7.45. The lowest BCUT2D eigenvalue weighted by Gasteiger charge is -2.52. The molecule has 2 aromatic rings. The smallest absolute Gasteiger partial charge is 0.416 e. The molecule has 6 rings (SSSR count). The summed E-state index contributed by atoms with van der Waals surface area (Å²) < 4.78 is 51.5. The number of alkyl halides is 3. The first-order valence-electron chi connectivity index (χ1n) is 13.3. The van der Waals surface area contributed by atoms with Crippen LogP contribution in [0.1, 0.15) is 55.4 Å². The molecule has 1 N–H and O–H groups in total. The van der Waals surface area contributed by atoms with E-state index in [1.165, 1.54) is 17.4 Å². The number of benzene rings is 1. The zero-order valence-electron chi connectivity index (χ0n) is 20.9. The molecule has 2 bridgehead atoms. The quantitative estimate of drug-likeness (QED) is 0.250. The van der Waals surface area contributed by atoms with Crippen molar-refractivity contribution in [3.8, 4) is 5.75 Å². The summed E-state index contributed by atoms with van der Waals surface area (Å²) >= 11 is 1.40. The molecule has 3 aliphatic heterocycles. The Morgan fingerprint density at radius 3 is 2.51 bits per heavy atom. The van der Waals surface area contributed by atoms with Gasteiger partial charge in [-0.2, -0.15) is 13.2 Å². The summed E-state index contributed by atoms with van der Waals surface area (Å²) in [5.74, 6) is -0.0947. The zero-order valence-corrected chi connectivity index (χ0v) is 21.7. The molecule has 1 aliphatic carbocycles. The first-order valence-corrected chi connectivity index (χ1v) is 14.2. The van der Waals surface area contributed by atoms with Crippen LogP contribution in [0.2, 0.25) is 0 Å². The van der Waals surface area contributed by atoms with Crippen LogP contribution in [0.5, 0.6) is 5.75 Å². The second-order valence-corrected chi connectivity index (χ2v) is 11.9. The van der Waals surface area contributed by atoms with E-state index in [0.717, 1.165) is 74.8 Å². The lowest BCUT2D eigenvalue weighted by molar-refractivity contribution is -0.946. The van der Waals surface area contributed by atoms with Crippen molar-refractivity contribution < 1.29 is 37.0 Å². The highest BCUT2D eigenvalue weighted by Gasteiger charge is 2.53. The number of fused-ring (bicyclic) bond motifs is 3. The van der Waals surface area contributed by atoms with Gasteiger partial charge in [-0.05, 0) is 42.5 Å². The number of halogens is 3. The molecule has 1 saturated carbocycles. The van der Waals surface area contributed by atoms with Gasteiger partial charge in [0.1, 0.15) is 12.3 Å². The van der Waals surface area contributed by atoms with E-state index >= 15 is 0 Å². The van der Waals surface area contributed by atoms with E-state index in [1.54, 1.807) is 6.07 Å². The van der Waals surface area contributed by atoms with Crippen LogP contribution in [0.25, 0.3) is 0 Å². The van der Waals surface area contributed by atoms with Crippen LogP contribution in [0.4, 0.5) is 13.2 Å². The number of thiophene rings is 1. The molecule has 4 fully saturated rings. The van der Waals surface area contributed by atoms with Gasteiger partial charge in [0.15, 0.2) is 11.7 Å². The van der Waals surface area contributed by atoms with Crippen LogP contribution >= 0.6 is 11.3 Å². The number of piperidine rings is 3. The van der Waals surface area contributed by atoms with Gasteiger partial charge in [0, 0.05) is 36.0 Å². The molecule has 0 unspecified atom stereocenters. The lowest BCUT2D eigenvalue weighted by Crippen LogP contribution is -2.65. The molecular formula is C28H35F3NO4S+. The van der Waals surface area contributed by atoms with Crippen LogP contribution in [0.3, 0.4) is 0 Å². The van der Waals surface area contributed by atoms with Crippen molar-refractivity contribution in [1.29, 1.82) is 0 Å². The number of aliphatic hydroxyl groups is 1. The van der Waals surface area contributed by atoms with Gasteiger partial charge in [0.05, 0.1) is 31.8 Å². The zero-order chi connectivity index (χ0) is 26.1. The molecule has 3 saturated heterocycles. The number of hydrogen-bond acceptors (Lipinski definition) is 5. The summed E-state index contributed by atoms with van der Waals surface area (Å²) in [5.41, 5.74) is -2.30. The molecule has 5 nitrogen and oxygen atoms in total. The first kappa shape index (κ1) is 26.5. The van der Waals surface area contributed by atoms with Crippen LogP contribution in [0, 0.1) is 11.8 Å². The molecule has 4 aliphatic rings. The first-order chi connectivity index (χ1) is 17.7. The second-order valence-electron chi connectivity index (χ2n) is 10.9. The minimum Gasteiger partial charge on any atom is -0.493 e. The van der Waals surface area contributed by atoms with E-state index in [1.807, 2.05) is 17.5 Å². The van der Waals surface area contributed by atoms with Crippen LogP contribution in [-0.2, 0) is 21.3 Å². The fourth-order valence-electron chi connectivity index (χ4n) is 6.56. The Balaban J connectivity index is 1.19. The third-order valence-electron chi connectivity index (χ3n) is 8.66. The van der Waals surface area contributed by atoms with Crippen molar-refractivity contribution in [3.63, 3.8) is 0 Å². The maximum Gasteiger partial charge on any atom is 0.416 e. The van der Waals surface area contributed by atoms with E-state index in [4.69, 9.17) is 9.47 Å². The van der Waals surface area contributed by atoms with Crippen molar-refractivity contribution in [2.24, 2.45) is 11.8 Å². The SMILES string of the molecule is O=C(O[C@H]1C[N+]2(CCCOc3cccc(C(F)(F)F)c3)CCC1CC2)[C@](O)(c1cccs1)C1CCCC1. The summed E-state index contributed by atoms with van der Waals surface area (Å²) in [7, 11) is 0. The summed E-state index contributed by atoms with van der Waals surface area (Å²) in [5, 5.41) is 13.6. The number of esters is 1. The predicted molar refractivity (Wildman–Crippen MR) is 134 cm³/mol. The average Bonchev–Trinajstić information content (AvgIpc) is 3.62.